The predicted octanol–water partition coefficient (Wildman–Crippen LogP) is 9.10. The molecule has 11 heteroatoms. The zero-order valence-electron chi connectivity index (χ0n) is 22.5. The average Bonchev–Trinajstić information content (AvgIpc) is 2.91. The topological polar surface area (TPSA) is 66.8 Å². The van der Waals surface area contributed by atoms with Gasteiger partial charge in [-0.1, -0.05) is 67.5 Å². The van der Waals surface area contributed by atoms with Gasteiger partial charge in [-0.2, -0.15) is 49.2 Å². The van der Waals surface area contributed by atoms with Crippen molar-refractivity contribution in [3.05, 3.63) is 115 Å². The van der Waals surface area contributed by atoms with Crippen LogP contribution in [-0.4, -0.2) is 34.0 Å². The fraction of sp³-hybridized carbons (Fsp3) is 0.241. The minimum Gasteiger partial charge on any atom is -0.409 e. The number of nitrogens with zero attached hydrogens (tertiary/aromatic N) is 5. The van der Waals surface area contributed by atoms with Crippen LogP contribution in [0.4, 0.5) is 17.2 Å². The van der Waals surface area contributed by atoms with Gasteiger partial charge in [0.25, 0.3) is 0 Å². The summed E-state index contributed by atoms with van der Waals surface area (Å²) in [6, 6.07) is 21.2. The van der Waals surface area contributed by atoms with Crippen LogP contribution in [0.25, 0.3) is 0 Å². The Morgan fingerprint density at radius 3 is 1.45 bits per heavy atom. The van der Waals surface area contributed by atoms with Gasteiger partial charge in [-0.25, -0.2) is 9.97 Å². The summed E-state index contributed by atoms with van der Waals surface area (Å²) in [6.07, 6.45) is 8.03. The van der Waals surface area contributed by atoms with E-state index in [0.717, 1.165) is 24.2 Å². The summed E-state index contributed by atoms with van der Waals surface area (Å²) in [5, 5.41) is 4.03. The third-order valence-corrected chi connectivity index (χ3v) is 4.15. The van der Waals surface area contributed by atoms with E-state index in [1.165, 1.54) is 18.6 Å². The smallest absolute Gasteiger partial charge is 0.409 e. The molecule has 0 aliphatic heterocycles. The zero-order valence-corrected chi connectivity index (χ0v) is 27.6. The molecule has 214 valence electrons. The minimum atomic E-state index is 0. The van der Waals surface area contributed by atoms with Crippen molar-refractivity contribution in [2.45, 2.75) is 34.1 Å². The van der Waals surface area contributed by atoms with Crippen LogP contribution in [0.5, 0.6) is 0 Å². The van der Waals surface area contributed by atoms with Crippen LogP contribution < -0.4 is 10.2 Å². The number of rotatable bonds is 3. The van der Waals surface area contributed by atoms with Crippen LogP contribution >= 0.6 is 34.8 Å². The third kappa shape index (κ3) is 23.0. The SMILES string of the molecule is C.CN(c1cc[c-]cc1)c1cncc(Cl)n1.CNc1cc[c-]cc1.Clc1cncc(Cl)n1.[CH2-]CC.[CH2-]CC.[V+2].[V+2]. The van der Waals surface area contributed by atoms with Gasteiger partial charge in [0.15, 0.2) is 5.82 Å². The molecule has 2 aromatic heterocycles. The molecule has 0 saturated carbocycles. The van der Waals surface area contributed by atoms with Crippen molar-refractivity contribution in [3.63, 3.8) is 0 Å². The van der Waals surface area contributed by atoms with Crippen LogP contribution in [0.3, 0.4) is 0 Å². The standard InChI is InChI=1S/C11H9ClN3.C7H8N.C4H2Cl2N2.2C3H7.CH4.2V/c1-15(9-5-3-2-4-6-9)11-8-13-7-10(12)14-11;1-8-7-5-3-2-4-6-7;5-3-1-7-2-4(6)8-3;2*1-3-2;;;/h3-8H,1H3;3-6,8H,1H3;1-2H;2*1,3H2,2H3;1H4;;/q2*-1;;2*-1;;2*+2. The maximum absolute atomic E-state index is 5.77. The van der Waals surface area contributed by atoms with Crippen molar-refractivity contribution in [1.29, 1.82) is 0 Å². The van der Waals surface area contributed by atoms with Crippen molar-refractivity contribution in [2.75, 3.05) is 24.3 Å². The van der Waals surface area contributed by atoms with Crippen molar-refractivity contribution in [1.82, 2.24) is 19.9 Å². The molecule has 0 spiro atoms. The molecular formula is C29H37Cl3N6V2. The van der Waals surface area contributed by atoms with Gasteiger partial charge in [-0.3, -0.25) is 9.97 Å². The number of halogens is 3. The normalized spacial score (nSPS) is 8.22. The number of anilines is 3. The van der Waals surface area contributed by atoms with Gasteiger partial charge >= 0.3 is 37.1 Å². The first kappa shape index (κ1) is 45.2. The molecule has 2 aromatic carbocycles. The maximum atomic E-state index is 5.77. The molecule has 0 saturated heterocycles. The van der Waals surface area contributed by atoms with Crippen molar-refractivity contribution in [3.8, 4) is 0 Å². The van der Waals surface area contributed by atoms with Crippen LogP contribution in [0.15, 0.2) is 73.3 Å². The molecule has 0 amide bonds. The summed E-state index contributed by atoms with van der Waals surface area (Å²) in [5.41, 5.74) is 2.15. The molecule has 2 radical (unpaired) electrons. The molecule has 0 unspecified atom stereocenters. The van der Waals surface area contributed by atoms with E-state index in [1.54, 1.807) is 6.20 Å². The van der Waals surface area contributed by atoms with E-state index in [9.17, 15) is 0 Å². The Labute approximate surface area is 280 Å². The third-order valence-electron chi connectivity index (χ3n) is 3.61. The molecule has 0 bridgehead atoms. The zero-order chi connectivity index (χ0) is 27.9. The average molecular weight is 678 g/mol. The fourth-order valence-corrected chi connectivity index (χ4v) is 2.58. The van der Waals surface area contributed by atoms with E-state index in [0.29, 0.717) is 21.3 Å². The fourth-order valence-electron chi connectivity index (χ4n) is 2.10. The van der Waals surface area contributed by atoms with Gasteiger partial charge in [0.05, 0.1) is 24.8 Å². The quantitative estimate of drug-likeness (QED) is 0.218. The Bertz CT molecular complexity index is 1060. The molecule has 40 heavy (non-hydrogen) atoms. The summed E-state index contributed by atoms with van der Waals surface area (Å²) < 4.78 is 0. The van der Waals surface area contributed by atoms with Crippen molar-refractivity contribution >= 4 is 52.0 Å². The molecule has 0 aliphatic rings. The van der Waals surface area contributed by atoms with Crippen LogP contribution in [-0.2, 0) is 37.1 Å². The van der Waals surface area contributed by atoms with E-state index in [4.69, 9.17) is 34.8 Å². The van der Waals surface area contributed by atoms with Gasteiger partial charge in [0.2, 0.25) is 0 Å². The summed E-state index contributed by atoms with van der Waals surface area (Å²) in [4.78, 5) is 17.4. The van der Waals surface area contributed by atoms with E-state index < -0.39 is 0 Å². The number of benzene rings is 2. The first-order chi connectivity index (χ1) is 17.8. The van der Waals surface area contributed by atoms with Gasteiger partial charge in [0, 0.05) is 14.1 Å². The minimum absolute atomic E-state index is 0. The Morgan fingerprint density at radius 1 is 0.750 bits per heavy atom. The number of nitrogens with one attached hydrogen (secondary N) is 1. The second-order valence-electron chi connectivity index (χ2n) is 6.72. The molecule has 4 rings (SSSR count). The summed E-state index contributed by atoms with van der Waals surface area (Å²) >= 11 is 16.5. The van der Waals surface area contributed by atoms with E-state index >= 15 is 0 Å². The molecule has 6 nitrogen and oxygen atoms in total. The molecule has 0 aliphatic carbocycles. The first-order valence-corrected chi connectivity index (χ1v) is 12.5. The monoisotopic (exact) mass is 676 g/mol. The molecule has 4 aromatic rings. The molecule has 2 heterocycles. The molecule has 1 N–H and O–H groups in total. The first-order valence-electron chi connectivity index (χ1n) is 11.4. The van der Waals surface area contributed by atoms with Gasteiger partial charge in [-0.15, -0.1) is 24.3 Å². The summed E-state index contributed by atoms with van der Waals surface area (Å²) in [5.74, 6) is 0.716. The summed E-state index contributed by atoms with van der Waals surface area (Å²) in [6.45, 7) is 11.0. The van der Waals surface area contributed by atoms with Gasteiger partial charge in [0.1, 0.15) is 15.5 Å². The Hall–Kier alpha value is -1.76. The van der Waals surface area contributed by atoms with E-state index in [-0.39, 0.29) is 44.5 Å². The van der Waals surface area contributed by atoms with E-state index in [2.05, 4.69) is 51.2 Å². The Kier molecular flexibility index (Phi) is 34.2. The van der Waals surface area contributed by atoms with Crippen LogP contribution in [0.2, 0.25) is 15.5 Å². The summed E-state index contributed by atoms with van der Waals surface area (Å²) in [7, 11) is 3.81. The maximum Gasteiger partial charge on any atom is 2.00 e. The Balaban J connectivity index is -0.000000225. The second kappa shape index (κ2) is 30.2. The van der Waals surface area contributed by atoms with Crippen LogP contribution in [0, 0.1) is 26.0 Å². The molecule has 0 atom stereocenters. The van der Waals surface area contributed by atoms with Crippen LogP contribution in [0.1, 0.15) is 34.1 Å². The number of hydrogen-bond acceptors (Lipinski definition) is 6. The van der Waals surface area contributed by atoms with Gasteiger partial charge < -0.3 is 24.1 Å². The van der Waals surface area contributed by atoms with E-state index in [1.807, 2.05) is 81.4 Å². The second-order valence-corrected chi connectivity index (χ2v) is 7.88. The van der Waals surface area contributed by atoms with Crippen molar-refractivity contribution in [2.24, 2.45) is 0 Å². The molecular weight excluding hydrogens is 641 g/mol. The Morgan fingerprint density at radius 2 is 1.12 bits per heavy atom. The van der Waals surface area contributed by atoms with Crippen molar-refractivity contribution < 1.29 is 37.1 Å². The largest absolute Gasteiger partial charge is 2.00 e. The number of aromatic nitrogens is 4. The number of hydrogen-bond donors (Lipinski definition) is 1. The predicted molar refractivity (Wildman–Crippen MR) is 165 cm³/mol. The molecule has 0 fully saturated rings. The van der Waals surface area contributed by atoms with Gasteiger partial charge in [-0.05, 0) is 0 Å².